The highest BCUT2D eigenvalue weighted by Gasteiger charge is 2.20. The molecule has 0 aliphatic carbocycles. The second-order valence-electron chi connectivity index (χ2n) is 5.86. The smallest absolute Gasteiger partial charge is 0.267 e. The van der Waals surface area contributed by atoms with Gasteiger partial charge in [-0.25, -0.2) is 0 Å². The Hall–Kier alpha value is -2.52. The highest BCUT2D eigenvalue weighted by Crippen LogP contribution is 2.18. The van der Waals surface area contributed by atoms with Gasteiger partial charge in [0.25, 0.3) is 5.91 Å². The quantitative estimate of drug-likeness (QED) is 0.654. The molecule has 1 saturated heterocycles. The largest absolute Gasteiger partial charge is 0.508 e. The zero-order valence-electron chi connectivity index (χ0n) is 13.5. The van der Waals surface area contributed by atoms with Gasteiger partial charge in [0.1, 0.15) is 17.4 Å². The third kappa shape index (κ3) is 4.73. The fourth-order valence-corrected chi connectivity index (χ4v) is 2.63. The van der Waals surface area contributed by atoms with Crippen molar-refractivity contribution in [3.63, 3.8) is 0 Å². The summed E-state index contributed by atoms with van der Waals surface area (Å²) in [5.41, 5.74) is 0.507. The number of carbonyl (C=O) groups is 1. The third-order valence-corrected chi connectivity index (χ3v) is 4.07. The molecule has 6 heteroatoms. The topological polar surface area (TPSA) is 79.6 Å². The van der Waals surface area contributed by atoms with Crippen LogP contribution in [-0.4, -0.2) is 54.0 Å². The molecule has 2 N–H and O–H groups in total. The van der Waals surface area contributed by atoms with E-state index in [0.29, 0.717) is 11.7 Å². The van der Waals surface area contributed by atoms with Crippen molar-refractivity contribution >= 4 is 11.6 Å². The number of nitriles is 1. The summed E-state index contributed by atoms with van der Waals surface area (Å²) in [4.78, 5) is 16.4. The summed E-state index contributed by atoms with van der Waals surface area (Å²) < 4.78 is 0. The first-order chi connectivity index (χ1) is 11.0. The van der Waals surface area contributed by atoms with Gasteiger partial charge in [0.05, 0.1) is 0 Å². The van der Waals surface area contributed by atoms with Gasteiger partial charge < -0.3 is 20.2 Å². The Morgan fingerprint density at radius 1 is 1.48 bits per heavy atom. The lowest BCUT2D eigenvalue weighted by Crippen LogP contribution is -2.40. The molecule has 0 spiro atoms. The fraction of sp³-hybridized carbons (Fsp3) is 0.412. The molecule has 122 valence electrons. The number of amides is 1. The van der Waals surface area contributed by atoms with Gasteiger partial charge in [0, 0.05) is 31.0 Å². The summed E-state index contributed by atoms with van der Waals surface area (Å²) in [7, 11) is 3.99. The highest BCUT2D eigenvalue weighted by atomic mass is 16.3. The minimum absolute atomic E-state index is 0.0507. The van der Waals surface area contributed by atoms with Crippen molar-refractivity contribution in [1.29, 1.82) is 5.26 Å². The van der Waals surface area contributed by atoms with Crippen LogP contribution >= 0.6 is 0 Å². The summed E-state index contributed by atoms with van der Waals surface area (Å²) >= 11 is 0. The van der Waals surface area contributed by atoms with Crippen molar-refractivity contribution in [2.45, 2.75) is 18.9 Å². The predicted octanol–water partition coefficient (Wildman–Crippen LogP) is 1.76. The molecule has 0 saturated carbocycles. The molecular formula is C17H22N4O2. The lowest BCUT2D eigenvalue weighted by atomic mass is 10.0. The minimum Gasteiger partial charge on any atom is -0.508 e. The van der Waals surface area contributed by atoms with Crippen LogP contribution in [0.3, 0.4) is 0 Å². The standard InChI is InChI=1S/C17H22N4O2/c1-20-8-6-15(7-9-20)21(2)12-13(11-18)17(23)19-14-4-3-5-16(22)10-14/h3-5,10,12,15,22H,6-9H2,1-2H3,(H,19,23)/b13-12-. The third-order valence-electron chi connectivity index (χ3n) is 4.07. The molecule has 23 heavy (non-hydrogen) atoms. The van der Waals surface area contributed by atoms with Crippen molar-refractivity contribution in [3.05, 3.63) is 36.0 Å². The van der Waals surface area contributed by atoms with Gasteiger partial charge in [-0.15, -0.1) is 0 Å². The van der Waals surface area contributed by atoms with E-state index in [-0.39, 0.29) is 11.3 Å². The average Bonchev–Trinajstić information content (AvgIpc) is 2.53. The minimum atomic E-state index is -0.474. The van der Waals surface area contributed by atoms with Gasteiger partial charge in [0.2, 0.25) is 0 Å². The molecule has 0 atom stereocenters. The first-order valence-electron chi connectivity index (χ1n) is 7.62. The van der Waals surface area contributed by atoms with Crippen molar-refractivity contribution < 1.29 is 9.90 Å². The Morgan fingerprint density at radius 2 is 2.17 bits per heavy atom. The summed E-state index contributed by atoms with van der Waals surface area (Å²) in [6.07, 6.45) is 3.63. The molecule has 1 aliphatic rings. The number of rotatable bonds is 4. The van der Waals surface area contributed by atoms with Crippen LogP contribution in [-0.2, 0) is 4.79 Å². The summed E-state index contributed by atoms with van der Waals surface area (Å²) in [6, 6.07) is 8.53. The molecule has 0 aromatic heterocycles. The molecule has 1 heterocycles. The van der Waals surface area contributed by atoms with Gasteiger partial charge in [0.15, 0.2) is 0 Å². The van der Waals surface area contributed by atoms with E-state index in [9.17, 15) is 15.2 Å². The molecule has 0 bridgehead atoms. The molecule has 1 aliphatic heterocycles. The number of hydrogen-bond acceptors (Lipinski definition) is 5. The maximum atomic E-state index is 12.2. The summed E-state index contributed by atoms with van der Waals surface area (Å²) in [5, 5.41) is 21.3. The Bertz CT molecular complexity index is 628. The Labute approximate surface area is 136 Å². The molecule has 1 aromatic carbocycles. The van der Waals surface area contributed by atoms with Crippen LogP contribution in [0.4, 0.5) is 5.69 Å². The van der Waals surface area contributed by atoms with E-state index < -0.39 is 5.91 Å². The van der Waals surface area contributed by atoms with Crippen molar-refractivity contribution in [3.8, 4) is 11.8 Å². The molecule has 0 radical (unpaired) electrons. The van der Waals surface area contributed by atoms with Gasteiger partial charge >= 0.3 is 0 Å². The molecule has 6 nitrogen and oxygen atoms in total. The van der Waals surface area contributed by atoms with Crippen LogP contribution in [0, 0.1) is 11.3 Å². The van der Waals surface area contributed by atoms with Crippen LogP contribution < -0.4 is 5.32 Å². The maximum absolute atomic E-state index is 12.2. The Morgan fingerprint density at radius 3 is 2.78 bits per heavy atom. The molecule has 1 fully saturated rings. The number of phenolic OH excluding ortho intramolecular Hbond substituents is 1. The maximum Gasteiger partial charge on any atom is 0.267 e. The monoisotopic (exact) mass is 314 g/mol. The predicted molar refractivity (Wildman–Crippen MR) is 88.7 cm³/mol. The van der Waals surface area contributed by atoms with Crippen molar-refractivity contribution in [2.75, 3.05) is 32.5 Å². The van der Waals surface area contributed by atoms with Gasteiger partial charge in [-0.05, 0) is 45.1 Å². The number of phenols is 1. The number of piperidine rings is 1. The normalized spacial score (nSPS) is 16.7. The van der Waals surface area contributed by atoms with E-state index >= 15 is 0 Å². The number of nitrogens with zero attached hydrogens (tertiary/aromatic N) is 3. The van der Waals surface area contributed by atoms with Crippen LogP contribution in [0.1, 0.15) is 12.8 Å². The highest BCUT2D eigenvalue weighted by molar-refractivity contribution is 6.06. The molecule has 1 amide bonds. The van der Waals surface area contributed by atoms with Gasteiger partial charge in [-0.1, -0.05) is 6.07 Å². The Kier molecular flexibility index (Phi) is 5.61. The van der Waals surface area contributed by atoms with Crippen molar-refractivity contribution in [1.82, 2.24) is 9.80 Å². The Balaban J connectivity index is 2.03. The summed E-state index contributed by atoms with van der Waals surface area (Å²) in [5.74, 6) is -0.411. The van der Waals surface area contributed by atoms with Gasteiger partial charge in [-0.3, -0.25) is 4.79 Å². The van der Waals surface area contributed by atoms with Crippen molar-refractivity contribution in [2.24, 2.45) is 0 Å². The number of nitrogens with one attached hydrogen (secondary N) is 1. The SMILES string of the molecule is CN1CCC(N(C)/C=C(/C#N)C(=O)Nc2cccc(O)c2)CC1. The van der Waals surface area contributed by atoms with Crippen LogP contribution in [0.15, 0.2) is 36.0 Å². The second kappa shape index (κ2) is 7.65. The van der Waals surface area contributed by atoms with E-state index in [4.69, 9.17) is 0 Å². The van der Waals surface area contributed by atoms with E-state index in [1.807, 2.05) is 18.0 Å². The fourth-order valence-electron chi connectivity index (χ4n) is 2.63. The van der Waals surface area contributed by atoms with E-state index in [1.165, 1.54) is 12.1 Å². The molecule has 2 rings (SSSR count). The number of anilines is 1. The molecular weight excluding hydrogens is 292 g/mol. The number of benzene rings is 1. The number of hydrogen-bond donors (Lipinski definition) is 2. The number of carbonyl (C=O) groups excluding carboxylic acids is 1. The first kappa shape index (κ1) is 16.8. The molecule has 0 unspecified atom stereocenters. The van der Waals surface area contributed by atoms with Crippen LogP contribution in [0.5, 0.6) is 5.75 Å². The van der Waals surface area contributed by atoms with E-state index in [1.54, 1.807) is 18.3 Å². The zero-order valence-corrected chi connectivity index (χ0v) is 13.5. The summed E-state index contributed by atoms with van der Waals surface area (Å²) in [6.45, 7) is 2.03. The first-order valence-corrected chi connectivity index (χ1v) is 7.62. The van der Waals surface area contributed by atoms with E-state index in [2.05, 4.69) is 17.3 Å². The van der Waals surface area contributed by atoms with E-state index in [0.717, 1.165) is 25.9 Å². The van der Waals surface area contributed by atoms with Crippen LogP contribution in [0.25, 0.3) is 0 Å². The average molecular weight is 314 g/mol. The lowest BCUT2D eigenvalue weighted by Gasteiger charge is -2.34. The van der Waals surface area contributed by atoms with Gasteiger partial charge in [-0.2, -0.15) is 5.26 Å². The zero-order chi connectivity index (χ0) is 16.8. The number of likely N-dealkylation sites (tertiary alicyclic amines) is 1. The number of aromatic hydroxyl groups is 1. The van der Waals surface area contributed by atoms with Crippen LogP contribution in [0.2, 0.25) is 0 Å². The second-order valence-corrected chi connectivity index (χ2v) is 5.86. The molecule has 1 aromatic rings. The lowest BCUT2D eigenvalue weighted by molar-refractivity contribution is -0.112.